The highest BCUT2D eigenvalue weighted by Gasteiger charge is 2.14. The Kier molecular flexibility index (Phi) is 20.5. The summed E-state index contributed by atoms with van der Waals surface area (Å²) in [5.41, 5.74) is 0. The number of hydrogen-bond donors (Lipinski definition) is 0. The molecular weight excluding hydrogens is 383 g/mol. The first kappa shape index (κ1) is 26.8. The van der Waals surface area contributed by atoms with Gasteiger partial charge in [-0.1, -0.05) is 32.4 Å². The van der Waals surface area contributed by atoms with Gasteiger partial charge in [-0.2, -0.15) is 0 Å². The lowest BCUT2D eigenvalue weighted by Crippen LogP contribution is -3.00. The zero-order valence-corrected chi connectivity index (χ0v) is 19.3. The van der Waals surface area contributed by atoms with Crippen molar-refractivity contribution in [1.29, 1.82) is 0 Å². The van der Waals surface area contributed by atoms with Gasteiger partial charge in [-0.3, -0.25) is 0 Å². The lowest BCUT2D eigenvalue weighted by atomic mass is 10.1. The molecule has 0 spiro atoms. The van der Waals surface area contributed by atoms with Gasteiger partial charge in [0, 0.05) is 40.5 Å². The second kappa shape index (κ2) is 18.4. The lowest BCUT2D eigenvalue weighted by Gasteiger charge is -2.17. The monoisotopic (exact) mass is 424 g/mol. The Bertz CT molecular complexity index is 269. The zero-order chi connectivity index (χ0) is 17.4. The van der Waals surface area contributed by atoms with Crippen molar-refractivity contribution in [2.75, 3.05) is 39.4 Å². The molecule has 0 aliphatic rings. The summed E-state index contributed by atoms with van der Waals surface area (Å²) in [6.45, 7) is 13.2. The molecule has 0 amide bonds. The summed E-state index contributed by atoms with van der Waals surface area (Å²) in [5.74, 6) is 0. The summed E-state index contributed by atoms with van der Waals surface area (Å²) in [4.78, 5) is 0. The van der Waals surface area contributed by atoms with Gasteiger partial charge < -0.3 is 26.5 Å². The number of rotatable bonds is 16. The summed E-state index contributed by atoms with van der Waals surface area (Å²) in [7, 11) is -0.570. The number of halogens is 1. The molecule has 0 bridgehead atoms. The van der Waals surface area contributed by atoms with E-state index in [4.69, 9.17) is 9.47 Å². The molecule has 0 N–H and O–H groups in total. The van der Waals surface area contributed by atoms with E-state index in [2.05, 4.69) is 46.0 Å². The quantitative estimate of drug-likeness (QED) is 0.163. The number of allylic oxidation sites excluding steroid dienone is 2. The fraction of sp³-hybridized carbons (Fsp3) is 0.900. The maximum absolute atomic E-state index is 5.76. The van der Waals surface area contributed by atoms with E-state index < -0.39 is 7.26 Å². The third kappa shape index (κ3) is 20.6. The van der Waals surface area contributed by atoms with E-state index in [0.29, 0.717) is 0 Å². The molecule has 0 aliphatic heterocycles. The van der Waals surface area contributed by atoms with Crippen molar-refractivity contribution in [3.63, 3.8) is 0 Å². The Labute approximate surface area is 163 Å². The van der Waals surface area contributed by atoms with E-state index >= 15 is 0 Å². The minimum Gasteiger partial charge on any atom is -1.00 e. The average Bonchev–Trinajstić information content (AvgIpc) is 2.49. The van der Waals surface area contributed by atoms with Gasteiger partial charge in [0.2, 0.25) is 0 Å². The van der Waals surface area contributed by atoms with E-state index in [9.17, 15) is 0 Å². The highest BCUT2D eigenvalue weighted by atomic mass is 79.9. The van der Waals surface area contributed by atoms with Crippen LogP contribution in [0.25, 0.3) is 0 Å². The number of unbranched alkanes of at least 4 members (excludes halogenated alkanes) is 4. The SMILES string of the molecule is CCCOC(CCCCC/C=C\CCC[P+](C)(C)C)OCCC.[Br-]. The number of ether oxygens (including phenoxy) is 2. The molecule has 0 aliphatic carbocycles. The van der Waals surface area contributed by atoms with Crippen LogP contribution in [0.3, 0.4) is 0 Å². The van der Waals surface area contributed by atoms with Crippen LogP contribution >= 0.6 is 7.26 Å². The van der Waals surface area contributed by atoms with Crippen molar-refractivity contribution in [3.05, 3.63) is 12.2 Å². The molecule has 24 heavy (non-hydrogen) atoms. The van der Waals surface area contributed by atoms with Gasteiger partial charge in [-0.15, -0.1) is 0 Å². The molecule has 0 radical (unpaired) electrons. The molecule has 0 atom stereocenters. The fourth-order valence-corrected chi connectivity index (χ4v) is 3.51. The van der Waals surface area contributed by atoms with E-state index in [1.165, 1.54) is 44.7 Å². The van der Waals surface area contributed by atoms with E-state index in [0.717, 1.165) is 32.5 Å². The molecule has 4 heteroatoms. The zero-order valence-electron chi connectivity index (χ0n) is 16.9. The van der Waals surface area contributed by atoms with Gasteiger partial charge in [0.25, 0.3) is 0 Å². The van der Waals surface area contributed by atoms with Crippen LogP contribution < -0.4 is 17.0 Å². The van der Waals surface area contributed by atoms with Gasteiger partial charge in [-0.05, 0) is 51.4 Å². The lowest BCUT2D eigenvalue weighted by molar-refractivity contribution is -0.146. The van der Waals surface area contributed by atoms with Gasteiger partial charge in [0.1, 0.15) is 0 Å². The summed E-state index contributed by atoms with van der Waals surface area (Å²) >= 11 is 0. The molecular formula is C20H42BrO2P. The average molecular weight is 425 g/mol. The Balaban J connectivity index is 0. The van der Waals surface area contributed by atoms with Gasteiger partial charge >= 0.3 is 0 Å². The van der Waals surface area contributed by atoms with Crippen molar-refractivity contribution >= 4 is 7.26 Å². The maximum Gasteiger partial charge on any atom is 0.157 e. The van der Waals surface area contributed by atoms with Gasteiger partial charge in [0.15, 0.2) is 6.29 Å². The first-order chi connectivity index (χ1) is 11.0. The van der Waals surface area contributed by atoms with E-state index in [-0.39, 0.29) is 23.3 Å². The molecule has 2 nitrogen and oxygen atoms in total. The van der Waals surface area contributed by atoms with Crippen LogP contribution in [0.15, 0.2) is 12.2 Å². The minimum atomic E-state index is -0.570. The molecule has 0 aromatic heterocycles. The van der Waals surface area contributed by atoms with Crippen molar-refractivity contribution in [2.24, 2.45) is 0 Å². The normalized spacial score (nSPS) is 12.1. The molecule has 0 fully saturated rings. The molecule has 0 unspecified atom stereocenters. The van der Waals surface area contributed by atoms with Crippen LogP contribution in [0.2, 0.25) is 0 Å². The summed E-state index contributed by atoms with van der Waals surface area (Å²) < 4.78 is 11.5. The van der Waals surface area contributed by atoms with Crippen LogP contribution in [0.1, 0.15) is 71.6 Å². The second-order valence-corrected chi connectivity index (χ2v) is 12.5. The predicted molar refractivity (Wildman–Crippen MR) is 107 cm³/mol. The molecule has 0 saturated carbocycles. The highest BCUT2D eigenvalue weighted by Crippen LogP contribution is 2.47. The standard InChI is InChI=1S/C20H42O2P.BrH/c1-6-17-21-20(22-18-7-2)16-14-12-10-8-9-11-13-15-19-23(3,4)5;/h9,11,20H,6-8,10,12-19H2,1-5H3;1H/q+1;/p-1/b11-9-;. The van der Waals surface area contributed by atoms with Gasteiger partial charge in [0.05, 0.1) is 6.16 Å². The maximum atomic E-state index is 5.76. The molecule has 0 heterocycles. The fourth-order valence-electron chi connectivity index (χ4n) is 2.38. The van der Waals surface area contributed by atoms with Crippen molar-refractivity contribution in [2.45, 2.75) is 77.9 Å². The highest BCUT2D eigenvalue weighted by molar-refractivity contribution is 7.73. The summed E-state index contributed by atoms with van der Waals surface area (Å²) in [6.07, 6.45) is 17.0. The third-order valence-electron chi connectivity index (χ3n) is 3.69. The molecule has 0 rings (SSSR count). The molecule has 0 saturated heterocycles. The molecule has 0 aromatic carbocycles. The van der Waals surface area contributed by atoms with E-state index in [1.54, 1.807) is 0 Å². The third-order valence-corrected chi connectivity index (χ3v) is 5.35. The molecule has 146 valence electrons. The molecule has 0 aromatic rings. The first-order valence-electron chi connectivity index (χ1n) is 9.68. The van der Waals surface area contributed by atoms with Crippen LogP contribution in [-0.4, -0.2) is 45.7 Å². The van der Waals surface area contributed by atoms with E-state index in [1.807, 2.05) is 0 Å². The Morgan fingerprint density at radius 3 is 1.83 bits per heavy atom. The van der Waals surface area contributed by atoms with Crippen LogP contribution in [0, 0.1) is 0 Å². The second-order valence-electron chi connectivity index (χ2n) is 7.44. The van der Waals surface area contributed by atoms with Crippen LogP contribution in [-0.2, 0) is 9.47 Å². The Morgan fingerprint density at radius 1 is 0.792 bits per heavy atom. The Hall–Kier alpha value is 0.570. The smallest absolute Gasteiger partial charge is 0.157 e. The van der Waals surface area contributed by atoms with Gasteiger partial charge in [-0.25, -0.2) is 0 Å². The minimum absolute atomic E-state index is 0. The summed E-state index contributed by atoms with van der Waals surface area (Å²) in [5, 5.41) is 0. The summed E-state index contributed by atoms with van der Waals surface area (Å²) in [6, 6.07) is 0. The van der Waals surface area contributed by atoms with Crippen LogP contribution in [0.4, 0.5) is 0 Å². The first-order valence-corrected chi connectivity index (χ1v) is 13.0. The van der Waals surface area contributed by atoms with Crippen molar-refractivity contribution < 1.29 is 26.5 Å². The predicted octanol–water partition coefficient (Wildman–Crippen LogP) is 3.36. The number of hydrogen-bond acceptors (Lipinski definition) is 2. The van der Waals surface area contributed by atoms with Crippen LogP contribution in [0.5, 0.6) is 0 Å². The van der Waals surface area contributed by atoms with Crippen molar-refractivity contribution in [1.82, 2.24) is 0 Å². The topological polar surface area (TPSA) is 18.5 Å². The largest absolute Gasteiger partial charge is 1.00 e. The van der Waals surface area contributed by atoms with Crippen molar-refractivity contribution in [3.8, 4) is 0 Å². The Morgan fingerprint density at radius 2 is 1.33 bits per heavy atom.